The molecule has 1 saturated heterocycles. The van der Waals surface area contributed by atoms with Gasteiger partial charge >= 0.3 is 0 Å². The molecule has 1 aliphatic heterocycles. The van der Waals surface area contributed by atoms with Crippen molar-refractivity contribution >= 4 is 29.7 Å². The smallest absolute Gasteiger partial charge is 0.269 e. The number of non-ortho nitro benzene ring substituents is 1. The molecule has 0 aliphatic carbocycles. The molecule has 1 aromatic carbocycles. The van der Waals surface area contributed by atoms with Crippen LogP contribution >= 0.6 is 12.4 Å². The van der Waals surface area contributed by atoms with Gasteiger partial charge in [0.25, 0.3) is 5.69 Å². The number of halogens is 1. The summed E-state index contributed by atoms with van der Waals surface area (Å²) < 4.78 is 0. The number of carbonyl (C=O) groups is 1. The zero-order valence-electron chi connectivity index (χ0n) is 11.3. The number of nitrogens with zero attached hydrogens (tertiary/aromatic N) is 2. The Bertz CT molecular complexity index is 508. The standard InChI is InChI=1S/C13H17N3O3.ClH/c1-14-9-10-8-11(16(18)19)5-6-12(10)15-7-3-2-4-13(15)17;/h5-6,8,14H,2-4,7,9H2,1H3;1H. The minimum atomic E-state index is -0.416. The molecule has 0 spiro atoms. The maximum Gasteiger partial charge on any atom is 0.269 e. The molecule has 7 heteroatoms. The van der Waals surface area contributed by atoms with Crippen LogP contribution in [0.15, 0.2) is 18.2 Å². The highest BCUT2D eigenvalue weighted by atomic mass is 35.5. The quantitative estimate of drug-likeness (QED) is 0.683. The van der Waals surface area contributed by atoms with Crippen molar-refractivity contribution in [3.63, 3.8) is 0 Å². The van der Waals surface area contributed by atoms with E-state index >= 15 is 0 Å². The SMILES string of the molecule is CNCc1cc([N+](=O)[O-])ccc1N1CCCCC1=O.Cl. The Morgan fingerprint density at radius 3 is 2.75 bits per heavy atom. The number of piperidine rings is 1. The lowest BCUT2D eigenvalue weighted by atomic mass is 10.1. The number of anilines is 1. The van der Waals surface area contributed by atoms with Crippen LogP contribution in [0.5, 0.6) is 0 Å². The van der Waals surface area contributed by atoms with Crippen molar-refractivity contribution in [3.05, 3.63) is 33.9 Å². The van der Waals surface area contributed by atoms with Gasteiger partial charge in [-0.25, -0.2) is 0 Å². The van der Waals surface area contributed by atoms with Crippen LogP contribution in [0.25, 0.3) is 0 Å². The summed E-state index contributed by atoms with van der Waals surface area (Å²) in [4.78, 5) is 24.1. The third-order valence-electron chi connectivity index (χ3n) is 3.26. The number of hydrogen-bond donors (Lipinski definition) is 1. The van der Waals surface area contributed by atoms with E-state index in [1.54, 1.807) is 18.0 Å². The van der Waals surface area contributed by atoms with E-state index in [4.69, 9.17) is 0 Å². The molecule has 1 N–H and O–H groups in total. The number of rotatable bonds is 4. The number of hydrogen-bond acceptors (Lipinski definition) is 4. The van der Waals surface area contributed by atoms with Crippen molar-refractivity contribution in [2.45, 2.75) is 25.8 Å². The van der Waals surface area contributed by atoms with E-state index in [-0.39, 0.29) is 24.0 Å². The highest BCUT2D eigenvalue weighted by Gasteiger charge is 2.23. The minimum Gasteiger partial charge on any atom is -0.316 e. The second-order valence-electron chi connectivity index (χ2n) is 4.60. The molecule has 1 heterocycles. The first kappa shape index (κ1) is 16.4. The Labute approximate surface area is 123 Å². The molecule has 0 radical (unpaired) electrons. The molecule has 20 heavy (non-hydrogen) atoms. The number of carbonyl (C=O) groups excluding carboxylic acids is 1. The Morgan fingerprint density at radius 2 is 2.15 bits per heavy atom. The normalized spacial score (nSPS) is 14.8. The van der Waals surface area contributed by atoms with Crippen LogP contribution in [0.3, 0.4) is 0 Å². The fraction of sp³-hybridized carbons (Fsp3) is 0.462. The van der Waals surface area contributed by atoms with E-state index in [0.29, 0.717) is 19.5 Å². The van der Waals surface area contributed by atoms with Gasteiger partial charge in [0.1, 0.15) is 0 Å². The van der Waals surface area contributed by atoms with Crippen LogP contribution in [-0.4, -0.2) is 24.4 Å². The van der Waals surface area contributed by atoms with Crippen molar-refractivity contribution in [1.29, 1.82) is 0 Å². The van der Waals surface area contributed by atoms with Gasteiger partial charge in [0.15, 0.2) is 0 Å². The number of benzene rings is 1. The molecule has 1 amide bonds. The molecule has 2 rings (SSSR count). The Hall–Kier alpha value is -1.66. The maximum absolute atomic E-state index is 11.9. The van der Waals surface area contributed by atoms with Gasteiger partial charge < -0.3 is 10.2 Å². The first-order valence-corrected chi connectivity index (χ1v) is 6.36. The molecule has 0 unspecified atom stereocenters. The zero-order chi connectivity index (χ0) is 13.8. The predicted molar refractivity (Wildman–Crippen MR) is 79.3 cm³/mol. The van der Waals surface area contributed by atoms with Crippen molar-refractivity contribution in [2.75, 3.05) is 18.5 Å². The monoisotopic (exact) mass is 299 g/mol. The van der Waals surface area contributed by atoms with E-state index in [0.717, 1.165) is 24.1 Å². The average molecular weight is 300 g/mol. The maximum atomic E-state index is 11.9. The summed E-state index contributed by atoms with van der Waals surface area (Å²) in [7, 11) is 1.78. The Kier molecular flexibility index (Phi) is 5.91. The van der Waals surface area contributed by atoms with Crippen LogP contribution in [0.1, 0.15) is 24.8 Å². The molecule has 0 saturated carbocycles. The highest BCUT2D eigenvalue weighted by molar-refractivity contribution is 5.94. The van der Waals surface area contributed by atoms with E-state index in [2.05, 4.69) is 5.32 Å². The van der Waals surface area contributed by atoms with Crippen molar-refractivity contribution < 1.29 is 9.72 Å². The minimum absolute atomic E-state index is 0. The van der Waals surface area contributed by atoms with Gasteiger partial charge in [-0.1, -0.05) is 0 Å². The second kappa shape index (κ2) is 7.21. The van der Waals surface area contributed by atoms with Gasteiger partial charge in [-0.2, -0.15) is 0 Å². The van der Waals surface area contributed by atoms with Crippen molar-refractivity contribution in [3.8, 4) is 0 Å². The second-order valence-corrected chi connectivity index (χ2v) is 4.60. The molecule has 0 atom stereocenters. The van der Waals surface area contributed by atoms with Crippen LogP contribution in [0, 0.1) is 10.1 Å². The van der Waals surface area contributed by atoms with Crippen LogP contribution in [0.2, 0.25) is 0 Å². The molecular formula is C13H18ClN3O3. The number of nitro benzene ring substituents is 1. The van der Waals surface area contributed by atoms with Gasteiger partial charge in [-0.3, -0.25) is 14.9 Å². The fourth-order valence-electron chi connectivity index (χ4n) is 2.34. The van der Waals surface area contributed by atoms with Gasteiger partial charge in [0.05, 0.1) is 4.92 Å². The van der Waals surface area contributed by atoms with E-state index < -0.39 is 4.92 Å². The third-order valence-corrected chi connectivity index (χ3v) is 3.26. The average Bonchev–Trinajstić information content (AvgIpc) is 2.40. The predicted octanol–water partition coefficient (Wildman–Crippen LogP) is 2.25. The van der Waals surface area contributed by atoms with Crippen molar-refractivity contribution in [2.24, 2.45) is 0 Å². The molecule has 1 aromatic rings. The molecule has 1 fully saturated rings. The summed E-state index contributed by atoms with van der Waals surface area (Å²) in [5, 5.41) is 13.8. The van der Waals surface area contributed by atoms with Crippen LogP contribution in [-0.2, 0) is 11.3 Å². The fourth-order valence-corrected chi connectivity index (χ4v) is 2.34. The number of nitrogens with one attached hydrogen (secondary N) is 1. The first-order valence-electron chi connectivity index (χ1n) is 6.36. The largest absolute Gasteiger partial charge is 0.316 e. The number of nitro groups is 1. The third kappa shape index (κ3) is 3.46. The molecule has 0 bridgehead atoms. The lowest BCUT2D eigenvalue weighted by Gasteiger charge is -2.28. The van der Waals surface area contributed by atoms with Crippen LogP contribution in [0.4, 0.5) is 11.4 Å². The summed E-state index contributed by atoms with van der Waals surface area (Å²) in [6, 6.07) is 4.66. The van der Waals surface area contributed by atoms with Gasteiger partial charge in [0, 0.05) is 37.3 Å². The van der Waals surface area contributed by atoms with E-state index in [1.165, 1.54) is 12.1 Å². The molecule has 0 aromatic heterocycles. The summed E-state index contributed by atoms with van der Waals surface area (Å²) in [6.45, 7) is 1.19. The highest BCUT2D eigenvalue weighted by Crippen LogP contribution is 2.28. The Morgan fingerprint density at radius 1 is 1.40 bits per heavy atom. The van der Waals surface area contributed by atoms with E-state index in [9.17, 15) is 14.9 Å². The summed E-state index contributed by atoms with van der Waals surface area (Å²) in [6.07, 6.45) is 2.45. The molecular weight excluding hydrogens is 282 g/mol. The Balaban J connectivity index is 0.00000200. The molecule has 6 nitrogen and oxygen atoms in total. The summed E-state index contributed by atoms with van der Waals surface area (Å²) >= 11 is 0. The number of amides is 1. The van der Waals surface area contributed by atoms with Gasteiger partial charge in [-0.05, 0) is 31.5 Å². The topological polar surface area (TPSA) is 75.5 Å². The van der Waals surface area contributed by atoms with Gasteiger partial charge in [0.2, 0.25) is 5.91 Å². The molecule has 1 aliphatic rings. The van der Waals surface area contributed by atoms with Crippen LogP contribution < -0.4 is 10.2 Å². The van der Waals surface area contributed by atoms with Crippen molar-refractivity contribution in [1.82, 2.24) is 5.32 Å². The van der Waals surface area contributed by atoms with E-state index in [1.807, 2.05) is 0 Å². The van der Waals surface area contributed by atoms with Gasteiger partial charge in [-0.15, -0.1) is 12.4 Å². The lowest BCUT2D eigenvalue weighted by Crippen LogP contribution is -2.36. The zero-order valence-corrected chi connectivity index (χ0v) is 12.1. The molecule has 110 valence electrons. The summed E-state index contributed by atoms with van der Waals surface area (Å²) in [5.41, 5.74) is 1.62. The lowest BCUT2D eigenvalue weighted by molar-refractivity contribution is -0.384. The summed E-state index contributed by atoms with van der Waals surface area (Å²) in [5.74, 6) is 0.0949. The first-order chi connectivity index (χ1) is 9.13.